The highest BCUT2D eigenvalue weighted by molar-refractivity contribution is 7.13. The van der Waals surface area contributed by atoms with Gasteiger partial charge in [0.2, 0.25) is 0 Å². The maximum Gasteiger partial charge on any atom is 0.188 e. The molecule has 0 unspecified atom stereocenters. The van der Waals surface area contributed by atoms with E-state index in [0.29, 0.717) is 11.6 Å². The van der Waals surface area contributed by atoms with Crippen molar-refractivity contribution in [3.05, 3.63) is 84.0 Å². The Morgan fingerprint density at radius 1 is 0.923 bits per heavy atom. The van der Waals surface area contributed by atoms with E-state index in [1.807, 2.05) is 73.1 Å². The summed E-state index contributed by atoms with van der Waals surface area (Å²) in [5.41, 5.74) is 3.07. The van der Waals surface area contributed by atoms with Crippen molar-refractivity contribution in [1.29, 1.82) is 0 Å². The van der Waals surface area contributed by atoms with Gasteiger partial charge < -0.3 is 10.1 Å². The number of anilines is 2. The zero-order chi connectivity index (χ0) is 17.8. The molecule has 0 fully saturated rings. The fourth-order valence-electron chi connectivity index (χ4n) is 2.53. The van der Waals surface area contributed by atoms with Gasteiger partial charge in [-0.05, 0) is 30.7 Å². The Balaban J connectivity index is 1.72. The second kappa shape index (κ2) is 7.37. The van der Waals surface area contributed by atoms with Crippen LogP contribution in [0.15, 0.2) is 78.3 Å². The number of nitrogens with one attached hydrogen (secondary N) is 1. The number of nitrogens with zero attached hydrogens (tertiary/aromatic N) is 2. The summed E-state index contributed by atoms with van der Waals surface area (Å²) in [6, 6.07) is 21.8. The second-order valence-electron chi connectivity index (χ2n) is 5.77. The number of para-hydroxylation sites is 1. The standard InChI is InChI=1S/C21H17N3OS/c1-15-14-26-21(23-15)24-20-19(25-18-10-6-3-7-11-18)12-17(13-22-20)16-8-4-2-5-9-16/h2-14H,1H3,(H,22,23,24). The average molecular weight is 359 g/mol. The predicted molar refractivity (Wildman–Crippen MR) is 106 cm³/mol. The molecule has 0 amide bonds. The maximum absolute atomic E-state index is 6.10. The van der Waals surface area contributed by atoms with E-state index in [9.17, 15) is 0 Å². The van der Waals surface area contributed by atoms with Crippen molar-refractivity contribution in [3.8, 4) is 22.6 Å². The molecule has 0 aliphatic rings. The molecule has 4 nitrogen and oxygen atoms in total. The minimum Gasteiger partial charge on any atom is -0.453 e. The number of thiazole rings is 1. The highest BCUT2D eigenvalue weighted by Gasteiger charge is 2.11. The lowest BCUT2D eigenvalue weighted by Crippen LogP contribution is -1.98. The summed E-state index contributed by atoms with van der Waals surface area (Å²) < 4.78 is 6.10. The Morgan fingerprint density at radius 2 is 1.65 bits per heavy atom. The molecule has 0 aliphatic heterocycles. The fourth-order valence-corrected chi connectivity index (χ4v) is 3.22. The predicted octanol–water partition coefficient (Wildman–Crippen LogP) is 6.05. The van der Waals surface area contributed by atoms with Crippen LogP contribution in [-0.2, 0) is 0 Å². The van der Waals surface area contributed by atoms with Gasteiger partial charge in [0.05, 0.1) is 5.69 Å². The zero-order valence-electron chi connectivity index (χ0n) is 14.2. The van der Waals surface area contributed by atoms with Crippen LogP contribution >= 0.6 is 11.3 Å². The highest BCUT2D eigenvalue weighted by Crippen LogP contribution is 2.34. The molecule has 5 heteroatoms. The van der Waals surface area contributed by atoms with Crippen molar-refractivity contribution in [3.63, 3.8) is 0 Å². The zero-order valence-corrected chi connectivity index (χ0v) is 15.0. The molecule has 2 heterocycles. The molecule has 26 heavy (non-hydrogen) atoms. The van der Waals surface area contributed by atoms with Crippen molar-refractivity contribution in [2.24, 2.45) is 0 Å². The molecule has 0 saturated heterocycles. The summed E-state index contributed by atoms with van der Waals surface area (Å²) in [4.78, 5) is 9.03. The molecule has 0 aliphatic carbocycles. The van der Waals surface area contributed by atoms with Crippen LogP contribution in [0.4, 0.5) is 10.9 Å². The Hall–Kier alpha value is -3.18. The molecule has 4 aromatic rings. The van der Waals surface area contributed by atoms with Crippen molar-refractivity contribution in [1.82, 2.24) is 9.97 Å². The van der Waals surface area contributed by atoms with Crippen molar-refractivity contribution in [2.75, 3.05) is 5.32 Å². The largest absolute Gasteiger partial charge is 0.453 e. The van der Waals surface area contributed by atoms with Crippen LogP contribution in [-0.4, -0.2) is 9.97 Å². The van der Waals surface area contributed by atoms with Gasteiger partial charge in [-0.15, -0.1) is 11.3 Å². The van der Waals surface area contributed by atoms with E-state index in [0.717, 1.165) is 27.7 Å². The molecule has 1 N–H and O–H groups in total. The number of aromatic nitrogens is 2. The van der Waals surface area contributed by atoms with Gasteiger partial charge in [0.1, 0.15) is 5.75 Å². The van der Waals surface area contributed by atoms with E-state index in [-0.39, 0.29) is 0 Å². The average Bonchev–Trinajstić information content (AvgIpc) is 3.09. The lowest BCUT2D eigenvalue weighted by atomic mass is 10.1. The normalized spacial score (nSPS) is 10.5. The second-order valence-corrected chi connectivity index (χ2v) is 6.63. The van der Waals surface area contributed by atoms with Gasteiger partial charge in [0.15, 0.2) is 16.7 Å². The van der Waals surface area contributed by atoms with E-state index < -0.39 is 0 Å². The summed E-state index contributed by atoms with van der Waals surface area (Å²) in [6.45, 7) is 1.97. The third-order valence-electron chi connectivity index (χ3n) is 3.78. The van der Waals surface area contributed by atoms with Gasteiger partial charge in [-0.25, -0.2) is 9.97 Å². The summed E-state index contributed by atoms with van der Waals surface area (Å²) in [5.74, 6) is 2.06. The first-order chi connectivity index (χ1) is 12.8. The summed E-state index contributed by atoms with van der Waals surface area (Å²) in [7, 11) is 0. The van der Waals surface area contributed by atoms with Crippen LogP contribution in [0.25, 0.3) is 11.1 Å². The van der Waals surface area contributed by atoms with E-state index >= 15 is 0 Å². The number of benzene rings is 2. The van der Waals surface area contributed by atoms with E-state index in [1.54, 1.807) is 11.3 Å². The van der Waals surface area contributed by atoms with Gasteiger partial charge in [-0.2, -0.15) is 0 Å². The lowest BCUT2D eigenvalue weighted by molar-refractivity contribution is 0.483. The third-order valence-corrected chi connectivity index (χ3v) is 4.65. The Morgan fingerprint density at radius 3 is 2.35 bits per heavy atom. The van der Waals surface area contributed by atoms with Gasteiger partial charge >= 0.3 is 0 Å². The van der Waals surface area contributed by atoms with Crippen LogP contribution in [0.1, 0.15) is 5.69 Å². The maximum atomic E-state index is 6.10. The van der Waals surface area contributed by atoms with Crippen LogP contribution in [0.2, 0.25) is 0 Å². The Kier molecular flexibility index (Phi) is 4.62. The molecule has 0 radical (unpaired) electrons. The molecular formula is C21H17N3OS. The summed E-state index contributed by atoms with van der Waals surface area (Å²) in [5, 5.41) is 6.05. The first kappa shape index (κ1) is 16.3. The van der Waals surface area contributed by atoms with E-state index in [4.69, 9.17) is 4.74 Å². The highest BCUT2D eigenvalue weighted by atomic mass is 32.1. The summed E-state index contributed by atoms with van der Waals surface area (Å²) in [6.07, 6.45) is 1.84. The van der Waals surface area contributed by atoms with Crippen LogP contribution in [0.5, 0.6) is 11.5 Å². The SMILES string of the molecule is Cc1csc(Nc2ncc(-c3ccccc3)cc2Oc2ccccc2)n1. The quantitative estimate of drug-likeness (QED) is 0.471. The van der Waals surface area contributed by atoms with E-state index in [2.05, 4.69) is 27.4 Å². The number of pyridine rings is 1. The van der Waals surface area contributed by atoms with Crippen molar-refractivity contribution >= 4 is 22.3 Å². The number of aryl methyl sites for hydroxylation is 1. The van der Waals surface area contributed by atoms with Gasteiger partial charge in [-0.3, -0.25) is 0 Å². The van der Waals surface area contributed by atoms with Crippen LogP contribution in [0.3, 0.4) is 0 Å². The number of ether oxygens (including phenoxy) is 1. The van der Waals surface area contributed by atoms with Gasteiger partial charge in [0.25, 0.3) is 0 Å². The van der Waals surface area contributed by atoms with Gasteiger partial charge in [0, 0.05) is 17.1 Å². The minimum absolute atomic E-state index is 0.642. The number of rotatable bonds is 5. The molecule has 4 rings (SSSR count). The smallest absolute Gasteiger partial charge is 0.188 e. The lowest BCUT2D eigenvalue weighted by Gasteiger charge is -2.12. The third kappa shape index (κ3) is 3.73. The van der Waals surface area contributed by atoms with Crippen molar-refractivity contribution < 1.29 is 4.74 Å². The van der Waals surface area contributed by atoms with Crippen LogP contribution < -0.4 is 10.1 Å². The molecule has 0 saturated carbocycles. The van der Waals surface area contributed by atoms with Gasteiger partial charge in [-0.1, -0.05) is 48.5 Å². The first-order valence-electron chi connectivity index (χ1n) is 8.25. The van der Waals surface area contributed by atoms with E-state index in [1.165, 1.54) is 0 Å². The number of hydrogen-bond donors (Lipinski definition) is 1. The first-order valence-corrected chi connectivity index (χ1v) is 9.13. The fraction of sp³-hybridized carbons (Fsp3) is 0.0476. The molecule has 0 atom stereocenters. The Bertz CT molecular complexity index is 1000. The molecule has 0 bridgehead atoms. The minimum atomic E-state index is 0.642. The molecule has 128 valence electrons. The molecule has 2 aromatic carbocycles. The monoisotopic (exact) mass is 359 g/mol. The van der Waals surface area contributed by atoms with Crippen LogP contribution in [0, 0.1) is 6.92 Å². The summed E-state index contributed by atoms with van der Waals surface area (Å²) >= 11 is 1.54. The molecule has 2 aromatic heterocycles. The van der Waals surface area contributed by atoms with Crippen molar-refractivity contribution in [2.45, 2.75) is 6.92 Å². The number of hydrogen-bond acceptors (Lipinski definition) is 5. The molecule has 0 spiro atoms. The molecular weight excluding hydrogens is 342 g/mol. The topological polar surface area (TPSA) is 47.0 Å². The Labute approximate surface area is 156 Å².